The van der Waals surface area contributed by atoms with E-state index in [4.69, 9.17) is 21.1 Å². The van der Waals surface area contributed by atoms with Gasteiger partial charge in [0.25, 0.3) is 0 Å². The zero-order valence-corrected chi connectivity index (χ0v) is 20.5. The van der Waals surface area contributed by atoms with Gasteiger partial charge in [0.1, 0.15) is 17.2 Å². The summed E-state index contributed by atoms with van der Waals surface area (Å²) in [5.41, 5.74) is 2.55. The zero-order valence-electron chi connectivity index (χ0n) is 19.7. The Kier molecular flexibility index (Phi) is 6.49. The van der Waals surface area contributed by atoms with E-state index in [0.717, 1.165) is 0 Å². The molecule has 0 aliphatic heterocycles. The van der Waals surface area contributed by atoms with Crippen LogP contribution in [0.1, 0.15) is 0 Å². The summed E-state index contributed by atoms with van der Waals surface area (Å²) in [6.45, 7) is 3.47. The quantitative estimate of drug-likeness (QED) is 0.280. The Bertz CT molecular complexity index is 1710. The Hall–Kier alpha value is -4.82. The average molecular weight is 513 g/mol. The lowest BCUT2D eigenvalue weighted by Gasteiger charge is -2.11. The Morgan fingerprint density at radius 3 is 2.51 bits per heavy atom. The van der Waals surface area contributed by atoms with E-state index in [9.17, 15) is 9.59 Å². The second-order valence-corrected chi connectivity index (χ2v) is 8.36. The van der Waals surface area contributed by atoms with E-state index in [1.165, 1.54) is 10.6 Å². The van der Waals surface area contributed by atoms with Crippen LogP contribution in [0.15, 0.2) is 103 Å². The highest BCUT2D eigenvalue weighted by Gasteiger charge is 2.18. The van der Waals surface area contributed by atoms with Crippen molar-refractivity contribution in [2.75, 3.05) is 12.4 Å². The molecule has 0 unspecified atom stereocenters. The van der Waals surface area contributed by atoms with E-state index in [0.29, 0.717) is 50.4 Å². The Morgan fingerprint density at radius 2 is 1.73 bits per heavy atom. The summed E-state index contributed by atoms with van der Waals surface area (Å²) in [6.07, 6.45) is 4.41. The van der Waals surface area contributed by atoms with Crippen molar-refractivity contribution >= 4 is 34.2 Å². The van der Waals surface area contributed by atoms with Gasteiger partial charge in [-0.05, 0) is 60.7 Å². The number of amides is 1. The number of anilines is 1. The van der Waals surface area contributed by atoms with Crippen molar-refractivity contribution in [1.82, 2.24) is 14.1 Å². The molecule has 9 heteroatoms. The first-order chi connectivity index (χ1) is 18.0. The molecule has 5 rings (SSSR count). The topological polar surface area (TPSA) is 87.4 Å². The van der Waals surface area contributed by atoms with E-state index >= 15 is 0 Å². The molecule has 0 radical (unpaired) electrons. The molecule has 1 N–H and O–H groups in total. The van der Waals surface area contributed by atoms with Crippen LogP contribution in [0.25, 0.3) is 22.4 Å². The van der Waals surface area contributed by atoms with Crippen LogP contribution in [-0.4, -0.2) is 27.1 Å². The molecule has 3 aromatic carbocycles. The number of methoxy groups -OCH3 is 1. The number of nitrogens with zero attached hydrogens (tertiary/aromatic N) is 3. The molecule has 37 heavy (non-hydrogen) atoms. The molecule has 5 aromatic rings. The highest BCUT2D eigenvalue weighted by molar-refractivity contribution is 6.32. The molecule has 2 heterocycles. The highest BCUT2D eigenvalue weighted by Crippen LogP contribution is 2.33. The summed E-state index contributed by atoms with van der Waals surface area (Å²) >= 11 is 6.57. The minimum atomic E-state index is -0.345. The molecule has 184 valence electrons. The summed E-state index contributed by atoms with van der Waals surface area (Å²) in [6, 6.07) is 21.0. The maximum atomic E-state index is 13.7. The Balaban J connectivity index is 1.58. The molecule has 0 bridgehead atoms. The van der Waals surface area contributed by atoms with Crippen LogP contribution in [0, 0.1) is 0 Å². The van der Waals surface area contributed by atoms with Gasteiger partial charge >= 0.3 is 5.69 Å². The van der Waals surface area contributed by atoms with Crippen molar-refractivity contribution in [3.63, 3.8) is 0 Å². The van der Waals surface area contributed by atoms with E-state index in [1.807, 2.05) is 12.1 Å². The number of hydrogen-bond donors (Lipinski definition) is 1. The first-order valence-electron chi connectivity index (χ1n) is 11.2. The lowest BCUT2D eigenvalue weighted by molar-refractivity contribution is -0.111. The third kappa shape index (κ3) is 4.70. The SMILES string of the molecule is C=CC(=O)Nc1cccc(-n2c(=O)n(-c3ccc(Oc4cccc(OC)c4)c(Cl)c3)c3cnccc32)c1. The molecular weight excluding hydrogens is 492 g/mol. The number of carbonyl (C=O) groups excluding carboxylic acids is 1. The number of carbonyl (C=O) groups is 1. The van der Waals surface area contributed by atoms with Crippen molar-refractivity contribution in [3.8, 4) is 28.6 Å². The van der Waals surface area contributed by atoms with Gasteiger partial charge in [0, 0.05) is 18.0 Å². The predicted octanol–water partition coefficient (Wildman–Crippen LogP) is 5.76. The highest BCUT2D eigenvalue weighted by atomic mass is 35.5. The number of aromatic nitrogens is 3. The smallest absolute Gasteiger partial charge is 0.338 e. The summed E-state index contributed by atoms with van der Waals surface area (Å²) < 4.78 is 14.2. The lowest BCUT2D eigenvalue weighted by atomic mass is 10.2. The van der Waals surface area contributed by atoms with Crippen LogP contribution < -0.4 is 20.5 Å². The number of rotatable bonds is 7. The number of fused-ring (bicyclic) bond motifs is 1. The molecule has 0 atom stereocenters. The van der Waals surface area contributed by atoms with E-state index in [-0.39, 0.29) is 11.6 Å². The third-order valence-corrected chi connectivity index (χ3v) is 5.94. The van der Waals surface area contributed by atoms with Gasteiger partial charge in [-0.3, -0.25) is 18.9 Å². The van der Waals surface area contributed by atoms with Gasteiger partial charge in [0.2, 0.25) is 5.91 Å². The van der Waals surface area contributed by atoms with Gasteiger partial charge in [0.05, 0.1) is 40.7 Å². The summed E-state index contributed by atoms with van der Waals surface area (Å²) in [5.74, 6) is 1.31. The van der Waals surface area contributed by atoms with Crippen molar-refractivity contribution in [1.29, 1.82) is 0 Å². The first kappa shape index (κ1) is 23.9. The van der Waals surface area contributed by atoms with Crippen LogP contribution >= 0.6 is 11.6 Å². The summed E-state index contributed by atoms with van der Waals surface area (Å²) in [4.78, 5) is 29.7. The van der Waals surface area contributed by atoms with Crippen molar-refractivity contribution < 1.29 is 14.3 Å². The number of nitrogens with one attached hydrogen (secondary N) is 1. The Labute approximate surface area is 217 Å². The number of benzene rings is 3. The van der Waals surface area contributed by atoms with Gasteiger partial charge in [0.15, 0.2) is 0 Å². The summed E-state index contributed by atoms with van der Waals surface area (Å²) in [7, 11) is 1.58. The second kappa shape index (κ2) is 10.0. The van der Waals surface area contributed by atoms with Gasteiger partial charge in [-0.15, -0.1) is 0 Å². The zero-order chi connectivity index (χ0) is 25.9. The third-order valence-electron chi connectivity index (χ3n) is 5.64. The Morgan fingerprint density at radius 1 is 0.973 bits per heavy atom. The van der Waals surface area contributed by atoms with Gasteiger partial charge in [-0.1, -0.05) is 30.3 Å². The van der Waals surface area contributed by atoms with E-state index < -0.39 is 0 Å². The molecule has 0 saturated heterocycles. The standard InChI is InChI=1S/C28H21ClN4O4/c1-3-27(34)31-18-6-4-7-19(14-18)32-24-12-13-30-17-25(24)33(28(32)35)20-10-11-26(23(29)15-20)37-22-9-5-8-21(16-22)36-2/h3-17H,1H2,2H3,(H,31,34). The van der Waals surface area contributed by atoms with Crippen LogP contribution in [0.4, 0.5) is 5.69 Å². The molecule has 2 aromatic heterocycles. The molecule has 0 fully saturated rings. The lowest BCUT2D eigenvalue weighted by Crippen LogP contribution is -2.22. The largest absolute Gasteiger partial charge is 0.497 e. The van der Waals surface area contributed by atoms with Gasteiger partial charge < -0.3 is 14.8 Å². The first-order valence-corrected chi connectivity index (χ1v) is 11.6. The number of hydrogen-bond acceptors (Lipinski definition) is 5. The van der Waals surface area contributed by atoms with Crippen LogP contribution in [0.3, 0.4) is 0 Å². The number of halogens is 1. The molecule has 8 nitrogen and oxygen atoms in total. The normalized spacial score (nSPS) is 10.8. The maximum absolute atomic E-state index is 13.7. The van der Waals surface area contributed by atoms with Gasteiger partial charge in [-0.2, -0.15) is 0 Å². The number of ether oxygens (including phenoxy) is 2. The maximum Gasteiger partial charge on any atom is 0.338 e. The predicted molar refractivity (Wildman–Crippen MR) is 144 cm³/mol. The minimum absolute atomic E-state index is 0.325. The molecular formula is C28H21ClN4O4. The van der Waals surface area contributed by atoms with Crippen molar-refractivity contribution in [3.05, 3.63) is 113 Å². The number of pyridine rings is 1. The summed E-state index contributed by atoms with van der Waals surface area (Å²) in [5, 5.41) is 3.04. The van der Waals surface area contributed by atoms with E-state index in [2.05, 4.69) is 16.9 Å². The van der Waals surface area contributed by atoms with Crippen LogP contribution in [-0.2, 0) is 4.79 Å². The second-order valence-electron chi connectivity index (χ2n) is 7.96. The fourth-order valence-corrected chi connectivity index (χ4v) is 4.18. The van der Waals surface area contributed by atoms with E-state index in [1.54, 1.807) is 84.7 Å². The fraction of sp³-hybridized carbons (Fsp3) is 0.0357. The molecule has 1 amide bonds. The minimum Gasteiger partial charge on any atom is -0.497 e. The van der Waals surface area contributed by atoms with Crippen molar-refractivity contribution in [2.24, 2.45) is 0 Å². The monoisotopic (exact) mass is 512 g/mol. The molecule has 0 saturated carbocycles. The van der Waals surface area contributed by atoms with Crippen molar-refractivity contribution in [2.45, 2.75) is 0 Å². The average Bonchev–Trinajstić information content (AvgIpc) is 3.21. The molecule has 0 spiro atoms. The van der Waals surface area contributed by atoms with Crippen LogP contribution in [0.2, 0.25) is 5.02 Å². The van der Waals surface area contributed by atoms with Crippen LogP contribution in [0.5, 0.6) is 17.2 Å². The van der Waals surface area contributed by atoms with Gasteiger partial charge in [-0.25, -0.2) is 4.79 Å². The molecule has 0 aliphatic rings. The fourth-order valence-electron chi connectivity index (χ4n) is 3.96. The molecule has 0 aliphatic carbocycles. The number of imidazole rings is 1.